The average Bonchev–Trinajstić information content (AvgIpc) is 2.68. The van der Waals surface area contributed by atoms with Crippen LogP contribution in [0.3, 0.4) is 0 Å². The second kappa shape index (κ2) is 8.90. The molecule has 0 aliphatic carbocycles. The van der Waals surface area contributed by atoms with Crippen molar-refractivity contribution in [3.8, 4) is 0 Å². The molecule has 0 spiro atoms. The van der Waals surface area contributed by atoms with Crippen LogP contribution in [-0.2, 0) is 24.6 Å². The van der Waals surface area contributed by atoms with Crippen molar-refractivity contribution in [2.75, 3.05) is 37.8 Å². The van der Waals surface area contributed by atoms with Crippen molar-refractivity contribution >= 4 is 30.8 Å². The predicted molar refractivity (Wildman–Crippen MR) is 101 cm³/mol. The van der Waals surface area contributed by atoms with Gasteiger partial charge in [-0.25, -0.2) is 21.8 Å². The van der Waals surface area contributed by atoms with E-state index in [9.17, 15) is 16.8 Å². The molecule has 0 bridgehead atoms. The molecule has 2 heterocycles. The number of hydrogen-bond donors (Lipinski definition) is 0. The number of nitrogens with zero attached hydrogens (tertiary/aromatic N) is 2. The Morgan fingerprint density at radius 2 is 1.62 bits per heavy atom. The van der Waals surface area contributed by atoms with E-state index in [1.807, 2.05) is 24.3 Å². The monoisotopic (exact) mass is 400 g/mol. The van der Waals surface area contributed by atoms with E-state index in [2.05, 4.69) is 4.98 Å². The summed E-state index contributed by atoms with van der Waals surface area (Å²) in [4.78, 5) is 4.13. The number of aromatic nitrogens is 1. The highest BCUT2D eigenvalue weighted by molar-refractivity contribution is 7.91. The molecule has 1 aromatic carbocycles. The van der Waals surface area contributed by atoms with E-state index in [-0.39, 0.29) is 16.5 Å². The molecule has 3 rings (SSSR count). The summed E-state index contributed by atoms with van der Waals surface area (Å²) in [6.45, 7) is 5.35. The lowest BCUT2D eigenvalue weighted by Crippen LogP contribution is -2.41. The summed E-state index contributed by atoms with van der Waals surface area (Å²) < 4.78 is 52.1. The second-order valence-electron chi connectivity index (χ2n) is 5.66. The van der Waals surface area contributed by atoms with Gasteiger partial charge in [0.05, 0.1) is 30.2 Å². The maximum atomic E-state index is 11.6. The van der Waals surface area contributed by atoms with Crippen LogP contribution in [-0.4, -0.2) is 63.9 Å². The zero-order valence-electron chi connectivity index (χ0n) is 15.0. The summed E-state index contributed by atoms with van der Waals surface area (Å²) in [6, 6.07) is 10.8. The molecule has 0 unspecified atom stereocenters. The van der Waals surface area contributed by atoms with Crippen molar-refractivity contribution < 1.29 is 21.6 Å². The number of hydrogen-bond acceptors (Lipinski definition) is 6. The first-order chi connectivity index (χ1) is 12.3. The number of morpholine rings is 1. The summed E-state index contributed by atoms with van der Waals surface area (Å²) >= 11 is 0. The minimum Gasteiger partial charge on any atom is -0.379 e. The molecule has 0 saturated carbocycles. The molecule has 1 aliphatic heterocycles. The zero-order valence-corrected chi connectivity index (χ0v) is 16.6. The van der Waals surface area contributed by atoms with Crippen molar-refractivity contribution in [1.29, 1.82) is 0 Å². The maximum absolute atomic E-state index is 11.6. The number of fused-ring (bicyclic) bond motifs is 1. The zero-order chi connectivity index (χ0) is 19.2. The molecular formula is C17H24N2O5S2. The molecule has 0 amide bonds. The van der Waals surface area contributed by atoms with Crippen molar-refractivity contribution in [1.82, 2.24) is 9.29 Å². The number of sulfonamides is 1. The van der Waals surface area contributed by atoms with Gasteiger partial charge in [0, 0.05) is 18.5 Å². The number of sulfone groups is 1. The Labute approximate surface area is 155 Å². The van der Waals surface area contributed by atoms with E-state index < -0.39 is 19.9 Å². The van der Waals surface area contributed by atoms with Gasteiger partial charge in [-0.1, -0.05) is 25.1 Å². The summed E-state index contributed by atoms with van der Waals surface area (Å²) in [7, 11) is -6.17. The summed E-state index contributed by atoms with van der Waals surface area (Å²) in [5.41, 5.74) is 0.715. The van der Waals surface area contributed by atoms with Gasteiger partial charge in [0.15, 0.2) is 14.9 Å². The standard InChI is InChI=1S/C11H11NO2S.C6H13NO3S/c1-2-15(13,14)11-8-7-9-5-3-4-6-10(9)12-11;1-2-11(8,9)7-3-5-10-6-4-7/h3-8H,2H2,1H3;2-6H2,1H3. The fourth-order valence-electron chi connectivity index (χ4n) is 2.38. The molecule has 1 saturated heterocycles. The SMILES string of the molecule is CCS(=O)(=O)N1CCOCC1.CCS(=O)(=O)c1ccc2ccccc2n1. The molecule has 7 nitrogen and oxygen atoms in total. The molecule has 1 fully saturated rings. The van der Waals surface area contributed by atoms with Crippen LogP contribution in [0.5, 0.6) is 0 Å². The number of pyridine rings is 1. The Morgan fingerprint density at radius 1 is 0.962 bits per heavy atom. The van der Waals surface area contributed by atoms with E-state index in [0.717, 1.165) is 5.39 Å². The fraction of sp³-hybridized carbons (Fsp3) is 0.471. The quantitative estimate of drug-likeness (QED) is 0.775. The second-order valence-corrected chi connectivity index (χ2v) is 10.1. The van der Waals surface area contributed by atoms with Crippen molar-refractivity contribution in [2.24, 2.45) is 0 Å². The number of benzene rings is 1. The van der Waals surface area contributed by atoms with Gasteiger partial charge < -0.3 is 4.74 Å². The largest absolute Gasteiger partial charge is 0.379 e. The minimum absolute atomic E-state index is 0.0817. The highest BCUT2D eigenvalue weighted by Crippen LogP contribution is 2.15. The third-order valence-electron chi connectivity index (χ3n) is 4.00. The Morgan fingerprint density at radius 3 is 2.23 bits per heavy atom. The molecule has 0 N–H and O–H groups in total. The Bertz CT molecular complexity index is 937. The van der Waals surface area contributed by atoms with E-state index in [1.165, 1.54) is 4.31 Å². The molecule has 1 aliphatic rings. The highest BCUT2D eigenvalue weighted by atomic mass is 32.2. The van der Waals surface area contributed by atoms with Gasteiger partial charge in [-0.2, -0.15) is 4.31 Å². The summed E-state index contributed by atoms with van der Waals surface area (Å²) in [5, 5.41) is 1.11. The van der Waals surface area contributed by atoms with Crippen molar-refractivity contribution in [2.45, 2.75) is 18.9 Å². The van der Waals surface area contributed by atoms with Gasteiger partial charge in [-0.15, -0.1) is 0 Å². The van der Waals surface area contributed by atoms with Gasteiger partial charge in [-0.05, 0) is 25.1 Å². The van der Waals surface area contributed by atoms with E-state index in [1.54, 1.807) is 26.0 Å². The molecule has 0 atom stereocenters. The first kappa shape index (κ1) is 20.8. The molecule has 144 valence electrons. The molecule has 2 aromatic rings. The Hall–Kier alpha value is -1.55. The third kappa shape index (κ3) is 5.23. The van der Waals surface area contributed by atoms with Gasteiger partial charge >= 0.3 is 0 Å². The van der Waals surface area contributed by atoms with Gasteiger partial charge in [0.25, 0.3) is 0 Å². The van der Waals surface area contributed by atoms with Crippen LogP contribution in [0.2, 0.25) is 0 Å². The van der Waals surface area contributed by atoms with Crippen LogP contribution in [0.15, 0.2) is 41.4 Å². The van der Waals surface area contributed by atoms with Crippen molar-refractivity contribution in [3.63, 3.8) is 0 Å². The molecule has 1 aromatic heterocycles. The topological polar surface area (TPSA) is 93.6 Å². The number of ether oxygens (including phenoxy) is 1. The molecule has 9 heteroatoms. The Balaban J connectivity index is 0.000000197. The van der Waals surface area contributed by atoms with Gasteiger partial charge in [-0.3, -0.25) is 0 Å². The summed E-state index contributed by atoms with van der Waals surface area (Å²) in [6.07, 6.45) is 0. The molecular weight excluding hydrogens is 376 g/mol. The van der Waals surface area contributed by atoms with Crippen molar-refractivity contribution in [3.05, 3.63) is 36.4 Å². The summed E-state index contributed by atoms with van der Waals surface area (Å²) in [5.74, 6) is 0.269. The van der Waals surface area contributed by atoms with Crippen LogP contribution in [0.4, 0.5) is 0 Å². The smallest absolute Gasteiger partial charge is 0.213 e. The average molecular weight is 401 g/mol. The highest BCUT2D eigenvalue weighted by Gasteiger charge is 2.21. The molecule has 0 radical (unpaired) electrons. The number of rotatable bonds is 4. The lowest BCUT2D eigenvalue weighted by Gasteiger charge is -2.25. The van der Waals surface area contributed by atoms with Gasteiger partial charge in [0.2, 0.25) is 10.0 Å². The lowest BCUT2D eigenvalue weighted by molar-refractivity contribution is 0.0731. The van der Waals surface area contributed by atoms with Gasteiger partial charge in [0.1, 0.15) is 0 Å². The fourth-order valence-corrected chi connectivity index (χ4v) is 4.25. The number of para-hydroxylation sites is 1. The van der Waals surface area contributed by atoms with Crippen LogP contribution in [0.25, 0.3) is 10.9 Å². The predicted octanol–water partition coefficient (Wildman–Crippen LogP) is 1.70. The van der Waals surface area contributed by atoms with E-state index in [4.69, 9.17) is 4.74 Å². The van der Waals surface area contributed by atoms with E-state index >= 15 is 0 Å². The Kier molecular flexibility index (Phi) is 7.10. The first-order valence-electron chi connectivity index (χ1n) is 8.44. The molecule has 26 heavy (non-hydrogen) atoms. The third-order valence-corrected chi connectivity index (χ3v) is 7.51. The maximum Gasteiger partial charge on any atom is 0.213 e. The van der Waals surface area contributed by atoms with Crippen LogP contribution < -0.4 is 0 Å². The minimum atomic E-state index is -3.20. The lowest BCUT2D eigenvalue weighted by atomic mass is 10.2. The first-order valence-corrected chi connectivity index (χ1v) is 11.7. The van der Waals surface area contributed by atoms with Crippen LogP contribution in [0.1, 0.15) is 13.8 Å². The van der Waals surface area contributed by atoms with Crippen LogP contribution in [0, 0.1) is 0 Å². The van der Waals surface area contributed by atoms with E-state index in [0.29, 0.717) is 31.8 Å². The normalized spacial score (nSPS) is 16.1. The van der Waals surface area contributed by atoms with Crippen LogP contribution >= 0.6 is 0 Å².